The molecule has 2 amide bonds. The van der Waals surface area contributed by atoms with E-state index in [9.17, 15) is 14.4 Å². The molecule has 1 atom stereocenters. The van der Waals surface area contributed by atoms with E-state index in [0.29, 0.717) is 11.3 Å². The van der Waals surface area contributed by atoms with Crippen molar-refractivity contribution >= 4 is 24.0 Å². The molecule has 2 N–H and O–H groups in total. The van der Waals surface area contributed by atoms with Crippen molar-refractivity contribution in [1.29, 1.82) is 0 Å². The highest BCUT2D eigenvalue weighted by molar-refractivity contribution is 5.94. The molecule has 0 radical (unpaired) electrons. The standard InChI is InChI=1S/C25H23N3O4/c1-18(29)32-22-14-12-19(13-15-22)17-26-28-24(30)16-23(20-8-4-2-5-9-20)27-25(31)21-10-6-3-7-11-21/h2-15,17,23H,16H2,1H3,(H,27,31)(H,28,30)/b26-17-/t23-/m0/s1. The Morgan fingerprint density at radius 1 is 0.906 bits per heavy atom. The van der Waals surface area contributed by atoms with Gasteiger partial charge in [-0.3, -0.25) is 14.4 Å². The molecule has 0 aliphatic heterocycles. The fourth-order valence-electron chi connectivity index (χ4n) is 2.97. The van der Waals surface area contributed by atoms with Crippen molar-refractivity contribution < 1.29 is 19.1 Å². The zero-order valence-corrected chi connectivity index (χ0v) is 17.5. The topological polar surface area (TPSA) is 96.9 Å². The minimum absolute atomic E-state index is 0.0192. The van der Waals surface area contributed by atoms with Crippen LogP contribution in [0.15, 0.2) is 90.0 Å². The van der Waals surface area contributed by atoms with Crippen LogP contribution in [0.5, 0.6) is 5.75 Å². The molecule has 7 heteroatoms. The molecule has 0 saturated carbocycles. The average Bonchev–Trinajstić information content (AvgIpc) is 2.80. The summed E-state index contributed by atoms with van der Waals surface area (Å²) in [7, 11) is 0. The second-order valence-corrected chi connectivity index (χ2v) is 6.96. The van der Waals surface area contributed by atoms with Gasteiger partial charge in [-0.1, -0.05) is 48.5 Å². The molecule has 0 aliphatic rings. The van der Waals surface area contributed by atoms with E-state index in [2.05, 4.69) is 15.8 Å². The largest absolute Gasteiger partial charge is 0.427 e. The average molecular weight is 429 g/mol. The summed E-state index contributed by atoms with van der Waals surface area (Å²) in [6, 6.07) is 24.3. The summed E-state index contributed by atoms with van der Waals surface area (Å²) in [6.45, 7) is 1.33. The van der Waals surface area contributed by atoms with E-state index < -0.39 is 12.0 Å². The van der Waals surface area contributed by atoms with Gasteiger partial charge in [0.2, 0.25) is 5.91 Å². The summed E-state index contributed by atoms with van der Waals surface area (Å²) in [5.74, 6) is -0.576. The first-order valence-electron chi connectivity index (χ1n) is 10.0. The van der Waals surface area contributed by atoms with E-state index in [1.54, 1.807) is 48.5 Å². The number of hydrogen-bond acceptors (Lipinski definition) is 5. The highest BCUT2D eigenvalue weighted by atomic mass is 16.5. The monoisotopic (exact) mass is 429 g/mol. The lowest BCUT2D eigenvalue weighted by atomic mass is 10.0. The SMILES string of the molecule is CC(=O)Oc1ccc(/C=N\NC(=O)C[C@H](NC(=O)c2ccccc2)c2ccccc2)cc1. The maximum atomic E-state index is 12.6. The zero-order valence-electron chi connectivity index (χ0n) is 17.5. The summed E-state index contributed by atoms with van der Waals surface area (Å²) >= 11 is 0. The highest BCUT2D eigenvalue weighted by Crippen LogP contribution is 2.17. The zero-order chi connectivity index (χ0) is 22.8. The van der Waals surface area contributed by atoms with Gasteiger partial charge in [0, 0.05) is 12.5 Å². The second kappa shape index (κ2) is 11.2. The Morgan fingerprint density at radius 2 is 1.53 bits per heavy atom. The molecule has 7 nitrogen and oxygen atoms in total. The van der Waals surface area contributed by atoms with Crippen LogP contribution >= 0.6 is 0 Å². The molecule has 162 valence electrons. The number of carbonyl (C=O) groups excluding carboxylic acids is 3. The molecule has 0 spiro atoms. The van der Waals surface area contributed by atoms with E-state index in [0.717, 1.165) is 11.1 Å². The Labute approximate surface area is 186 Å². The number of nitrogens with one attached hydrogen (secondary N) is 2. The third-order valence-corrected chi connectivity index (χ3v) is 4.48. The summed E-state index contributed by atoms with van der Waals surface area (Å²) in [4.78, 5) is 36.0. The number of hydrazone groups is 1. The quantitative estimate of drug-likeness (QED) is 0.247. The van der Waals surface area contributed by atoms with Crippen LogP contribution in [-0.2, 0) is 9.59 Å². The molecule has 0 heterocycles. The van der Waals surface area contributed by atoms with Crippen molar-refractivity contribution in [1.82, 2.24) is 10.7 Å². The van der Waals surface area contributed by atoms with Crippen LogP contribution in [0.25, 0.3) is 0 Å². The molecule has 3 aromatic rings. The molecule has 3 rings (SSSR count). The summed E-state index contributed by atoms with van der Waals surface area (Å²) in [6.07, 6.45) is 1.50. The smallest absolute Gasteiger partial charge is 0.308 e. The normalized spacial score (nSPS) is 11.5. The van der Waals surface area contributed by atoms with Crippen LogP contribution in [0, 0.1) is 0 Å². The Kier molecular flexibility index (Phi) is 7.86. The van der Waals surface area contributed by atoms with E-state index in [1.165, 1.54) is 13.1 Å². The fraction of sp³-hybridized carbons (Fsp3) is 0.120. The number of nitrogens with zero attached hydrogens (tertiary/aromatic N) is 1. The molecule has 0 aromatic heterocycles. The van der Waals surface area contributed by atoms with Crippen molar-refractivity contribution in [3.05, 3.63) is 102 Å². The summed E-state index contributed by atoms with van der Waals surface area (Å²) < 4.78 is 4.97. The third-order valence-electron chi connectivity index (χ3n) is 4.48. The Balaban J connectivity index is 1.61. The van der Waals surface area contributed by atoms with E-state index >= 15 is 0 Å². The first kappa shape index (κ1) is 22.4. The van der Waals surface area contributed by atoms with Gasteiger partial charge in [0.15, 0.2) is 0 Å². The number of rotatable bonds is 8. The Morgan fingerprint density at radius 3 is 2.16 bits per heavy atom. The molecular formula is C25H23N3O4. The second-order valence-electron chi connectivity index (χ2n) is 6.96. The van der Waals surface area contributed by atoms with Gasteiger partial charge in [0.1, 0.15) is 5.75 Å². The lowest BCUT2D eigenvalue weighted by Crippen LogP contribution is -2.32. The first-order valence-corrected chi connectivity index (χ1v) is 10.0. The summed E-state index contributed by atoms with van der Waals surface area (Å²) in [5.41, 5.74) is 4.54. The molecule has 0 aliphatic carbocycles. The van der Waals surface area contributed by atoms with Crippen LogP contribution in [0.4, 0.5) is 0 Å². The van der Waals surface area contributed by atoms with Crippen molar-refractivity contribution in [2.45, 2.75) is 19.4 Å². The van der Waals surface area contributed by atoms with Gasteiger partial charge < -0.3 is 10.1 Å². The van der Waals surface area contributed by atoms with Gasteiger partial charge in [0.05, 0.1) is 18.7 Å². The number of esters is 1. The predicted molar refractivity (Wildman–Crippen MR) is 121 cm³/mol. The minimum atomic E-state index is -0.512. The van der Waals surface area contributed by atoms with E-state index in [-0.39, 0.29) is 18.2 Å². The number of benzene rings is 3. The predicted octanol–water partition coefficient (Wildman–Crippen LogP) is 3.62. The molecular weight excluding hydrogens is 406 g/mol. The first-order chi connectivity index (χ1) is 15.5. The minimum Gasteiger partial charge on any atom is -0.427 e. The van der Waals surface area contributed by atoms with Crippen molar-refractivity contribution in [3.8, 4) is 5.75 Å². The number of amides is 2. The number of ether oxygens (including phenoxy) is 1. The van der Waals surface area contributed by atoms with E-state index in [4.69, 9.17) is 4.74 Å². The highest BCUT2D eigenvalue weighted by Gasteiger charge is 2.19. The third kappa shape index (κ3) is 6.91. The molecule has 0 unspecified atom stereocenters. The van der Waals surface area contributed by atoms with Crippen LogP contribution in [0.3, 0.4) is 0 Å². The molecule has 0 bridgehead atoms. The molecule has 0 saturated heterocycles. The van der Waals surface area contributed by atoms with Crippen molar-refractivity contribution in [2.75, 3.05) is 0 Å². The fourth-order valence-corrected chi connectivity index (χ4v) is 2.97. The van der Waals surface area contributed by atoms with Crippen molar-refractivity contribution in [3.63, 3.8) is 0 Å². The maximum Gasteiger partial charge on any atom is 0.308 e. The lowest BCUT2D eigenvalue weighted by Gasteiger charge is -2.18. The van der Waals surface area contributed by atoms with Crippen LogP contribution in [0.1, 0.15) is 40.9 Å². The number of carbonyl (C=O) groups is 3. The van der Waals surface area contributed by atoms with Gasteiger partial charge in [-0.15, -0.1) is 0 Å². The Hall–Kier alpha value is -4.26. The maximum absolute atomic E-state index is 12.6. The van der Waals surface area contributed by atoms with Crippen molar-refractivity contribution in [2.24, 2.45) is 5.10 Å². The van der Waals surface area contributed by atoms with Gasteiger partial charge >= 0.3 is 5.97 Å². The van der Waals surface area contributed by atoms with Gasteiger partial charge in [-0.25, -0.2) is 5.43 Å². The molecule has 32 heavy (non-hydrogen) atoms. The van der Waals surface area contributed by atoms with Gasteiger partial charge in [-0.2, -0.15) is 5.10 Å². The van der Waals surface area contributed by atoms with E-state index in [1.807, 2.05) is 36.4 Å². The van der Waals surface area contributed by atoms with Gasteiger partial charge in [-0.05, 0) is 47.5 Å². The summed E-state index contributed by atoms with van der Waals surface area (Å²) in [5, 5.41) is 6.89. The van der Waals surface area contributed by atoms with Crippen LogP contribution in [0.2, 0.25) is 0 Å². The lowest BCUT2D eigenvalue weighted by molar-refractivity contribution is -0.131. The molecule has 3 aromatic carbocycles. The van der Waals surface area contributed by atoms with Crippen LogP contribution < -0.4 is 15.5 Å². The molecule has 0 fully saturated rings. The van der Waals surface area contributed by atoms with Gasteiger partial charge in [0.25, 0.3) is 5.91 Å². The Bertz CT molecular complexity index is 1080. The van der Waals surface area contributed by atoms with Crippen LogP contribution in [-0.4, -0.2) is 24.0 Å². The number of hydrogen-bond donors (Lipinski definition) is 2.